The molecule has 0 bridgehead atoms. The molecule has 20 atom stereocenters. The van der Waals surface area contributed by atoms with Crippen LogP contribution in [0, 0.1) is 5.41 Å². The number of ether oxygens (including phenoxy) is 4. The molecule has 0 amide bonds. The molecular formula is C45H93NO33P8S3. The van der Waals surface area contributed by atoms with Crippen LogP contribution in [0.5, 0.6) is 0 Å². The van der Waals surface area contributed by atoms with E-state index in [1.54, 1.807) is 20.8 Å². The van der Waals surface area contributed by atoms with Gasteiger partial charge in [0.15, 0.2) is 6.29 Å². The van der Waals surface area contributed by atoms with Crippen LogP contribution in [-0.4, -0.2) is 192 Å². The predicted molar refractivity (Wildman–Crippen MR) is 331 cm³/mol. The van der Waals surface area contributed by atoms with Crippen molar-refractivity contribution < 1.29 is 153 Å². The van der Waals surface area contributed by atoms with Gasteiger partial charge >= 0.3 is 59.3 Å². The Balaban J connectivity index is 1.09. The molecule has 4 saturated heterocycles. The molecule has 4 fully saturated rings. The molecule has 0 radical (unpaired) electrons. The van der Waals surface area contributed by atoms with Crippen molar-refractivity contribution in [3.05, 3.63) is 0 Å². The molecule has 4 rings (SSSR count). The zero-order chi connectivity index (χ0) is 67.2. The van der Waals surface area contributed by atoms with Crippen LogP contribution in [-0.2, 0) is 150 Å². The average molecular weight is 1520 g/mol. The quantitative estimate of drug-likeness (QED) is 0.0205. The van der Waals surface area contributed by atoms with Crippen LogP contribution in [0.3, 0.4) is 0 Å². The second kappa shape index (κ2) is 39.2. The third kappa shape index (κ3) is 35.8. The Morgan fingerprint density at radius 1 is 0.378 bits per heavy atom. The molecule has 90 heavy (non-hydrogen) atoms. The maximum Gasteiger partial charge on any atom is 0.472 e. The zero-order valence-corrected chi connectivity index (χ0v) is 60.9. The fourth-order valence-corrected chi connectivity index (χ4v) is 17.8. The van der Waals surface area contributed by atoms with Crippen LogP contribution < -0.4 is 5.73 Å². The number of nitrogens with two attached hydrogens (primary N) is 1. The molecule has 534 valence electrons. The summed E-state index contributed by atoms with van der Waals surface area (Å²) < 4.78 is 169. The van der Waals surface area contributed by atoms with Gasteiger partial charge in [-0.3, -0.25) is 49.8 Å². The molecular weight excluding hydrogens is 1430 g/mol. The largest absolute Gasteiger partial charge is 0.472 e. The first kappa shape index (κ1) is 84.4. The first-order valence-electron chi connectivity index (χ1n) is 29.1. The van der Waals surface area contributed by atoms with Gasteiger partial charge in [-0.05, 0) is 120 Å². The van der Waals surface area contributed by atoms with Gasteiger partial charge in [0.1, 0.15) is 18.3 Å². The highest BCUT2D eigenvalue weighted by Crippen LogP contribution is 2.56. The van der Waals surface area contributed by atoms with Gasteiger partial charge in [-0.2, -0.15) is 0 Å². The third-order valence-electron chi connectivity index (χ3n) is 12.9. The molecule has 4 aliphatic heterocycles. The monoisotopic (exact) mass is 1520 g/mol. The third-order valence-corrected chi connectivity index (χ3v) is 22.7. The van der Waals surface area contributed by atoms with Crippen molar-refractivity contribution in [3.63, 3.8) is 0 Å². The Labute approximate surface area is 541 Å². The van der Waals surface area contributed by atoms with Crippen LogP contribution >= 0.6 is 59.3 Å². The van der Waals surface area contributed by atoms with Gasteiger partial charge in [-0.25, -0.2) is 22.8 Å². The van der Waals surface area contributed by atoms with Gasteiger partial charge in [-0.15, -0.1) is 0 Å². The van der Waals surface area contributed by atoms with Crippen LogP contribution in [0.4, 0.5) is 0 Å². The second-order valence-electron chi connectivity index (χ2n) is 22.6. The van der Waals surface area contributed by atoms with Crippen molar-refractivity contribution in [3.8, 4) is 0 Å². The lowest BCUT2D eigenvalue weighted by atomic mass is 9.87. The zero-order valence-electron chi connectivity index (χ0n) is 51.3. The van der Waals surface area contributed by atoms with Gasteiger partial charge in [-0.1, -0.05) is 33.6 Å². The topological polar surface area (TPSA) is 458 Å². The lowest BCUT2D eigenvalue weighted by Crippen LogP contribution is -2.32. The van der Waals surface area contributed by atoms with E-state index in [9.17, 15) is 62.0 Å². The Kier molecular flexibility index (Phi) is 36.8. The molecule has 0 aromatic carbocycles. The van der Waals surface area contributed by atoms with E-state index in [4.69, 9.17) is 132 Å². The van der Waals surface area contributed by atoms with Crippen molar-refractivity contribution in [1.82, 2.24) is 0 Å². The Hall–Kier alpha value is 1.94. The summed E-state index contributed by atoms with van der Waals surface area (Å²) in [6.45, 7) is -2.57. The first-order valence-corrected chi connectivity index (χ1v) is 44.4. The van der Waals surface area contributed by atoms with E-state index >= 15 is 0 Å². The predicted octanol–water partition coefficient (Wildman–Crippen LogP) is 8.06. The molecule has 12 unspecified atom stereocenters. The van der Waals surface area contributed by atoms with Crippen molar-refractivity contribution in [1.29, 1.82) is 0 Å². The SMILES string of the molecule is C[C@H]1CC(OP(=O)(O)OCCCOP(=O)(O)OCCCOP(=O)(O)OCCCOP(=O)(O)OCCCOP(=O)(O)OCCCCCCN)[C@@H](OP(O)(=S)OC2C[C@H](C)O[C@@H]2COP(O)(=S)OC2C[C@H](C)O[C@@H]2COP(O)(=S)OC2C[C@H](C)O[C@@H]2CC(C)(C)C)O1. The van der Waals surface area contributed by atoms with E-state index < -0.39 is 154 Å². The summed E-state index contributed by atoms with van der Waals surface area (Å²) >= 11 is 16.1. The smallest absolute Gasteiger partial charge is 0.372 e. The summed E-state index contributed by atoms with van der Waals surface area (Å²) in [5, 5.41) is 0. The van der Waals surface area contributed by atoms with Gasteiger partial charge in [0.05, 0.1) is 122 Å². The van der Waals surface area contributed by atoms with E-state index in [-0.39, 0.29) is 102 Å². The molecule has 4 aliphatic rings. The van der Waals surface area contributed by atoms with Gasteiger partial charge < -0.3 is 86.4 Å². The molecule has 10 N–H and O–H groups in total. The van der Waals surface area contributed by atoms with Crippen LogP contribution in [0.15, 0.2) is 0 Å². The normalized spacial score (nSPS) is 31.2. The highest BCUT2D eigenvalue weighted by molar-refractivity contribution is 8.07. The maximum absolute atomic E-state index is 13.0. The minimum atomic E-state index is -4.90. The van der Waals surface area contributed by atoms with Gasteiger partial charge in [0.25, 0.3) is 0 Å². The molecule has 0 spiro atoms. The maximum atomic E-state index is 13.0. The number of rotatable bonds is 48. The molecule has 0 aromatic rings. The molecule has 4 heterocycles. The van der Waals surface area contributed by atoms with Gasteiger partial charge in [0.2, 0.25) is 0 Å². The standard InChI is InChI=1S/C45H93NO33P8S3/c1-33-26-37(41(71-33)30-45(5,6)7)76-85(57,88)69-31-42-38(27-34(2)72-42)77-86(58,89)70-32-43-39(28-35(3)73-43)78-87(59,90)79-44-40(29-36(4)74-44)75-84(55,56)68-25-15-24-67-83(53,54)66-23-14-22-65-82(51,52)64-21-13-20-63-81(49,50)62-19-12-18-61-80(47,48)60-17-11-9-8-10-16-46/h33-44H,8-32,46H2,1-7H3,(H,47,48)(H,49,50)(H,51,52)(H,53,54)(H,55,56)(H,57,88)(H,58,89)(H,59,90)/t33-,34-,35-,36-,37?,38?,39?,40?,41+,42+,43+,44+,85?,86?,87?/m0/s1. The number of hydrogen-bond donors (Lipinski definition) is 9. The minimum absolute atomic E-state index is 0.00693. The Morgan fingerprint density at radius 3 is 1.04 bits per heavy atom. The number of hydrogen-bond acceptors (Lipinski definition) is 29. The fraction of sp³-hybridized carbons (Fsp3) is 1.00. The van der Waals surface area contributed by atoms with Crippen molar-refractivity contribution >= 4 is 94.7 Å². The summed E-state index contributed by atoms with van der Waals surface area (Å²) in [6, 6.07) is 0. The van der Waals surface area contributed by atoms with E-state index in [0.717, 1.165) is 19.3 Å². The van der Waals surface area contributed by atoms with Crippen LogP contribution in [0.1, 0.15) is 132 Å². The second-order valence-corrected chi connectivity index (χ2v) is 38.2. The number of unbranched alkanes of at least 4 members (excludes halogenated alkanes) is 3. The van der Waals surface area contributed by atoms with Crippen LogP contribution in [0.2, 0.25) is 0 Å². The molecule has 34 nitrogen and oxygen atoms in total. The van der Waals surface area contributed by atoms with Crippen LogP contribution in [0.25, 0.3) is 0 Å². The van der Waals surface area contributed by atoms with E-state index in [0.29, 0.717) is 25.8 Å². The van der Waals surface area contributed by atoms with E-state index in [1.165, 1.54) is 0 Å². The first-order chi connectivity index (χ1) is 41.7. The fourth-order valence-electron chi connectivity index (χ4n) is 9.04. The summed E-state index contributed by atoms with van der Waals surface area (Å²) in [4.78, 5) is 83.6. The summed E-state index contributed by atoms with van der Waals surface area (Å²) in [5.41, 5.74) is 5.35. The highest BCUT2D eigenvalue weighted by atomic mass is 32.5. The van der Waals surface area contributed by atoms with Crippen molar-refractivity contribution in [2.75, 3.05) is 79.2 Å². The number of phosphoric ester groups is 5. The highest BCUT2D eigenvalue weighted by Gasteiger charge is 2.47. The van der Waals surface area contributed by atoms with E-state index in [1.807, 2.05) is 6.92 Å². The van der Waals surface area contributed by atoms with Crippen molar-refractivity contribution in [2.45, 2.75) is 205 Å². The summed E-state index contributed by atoms with van der Waals surface area (Å²) in [6.07, 6.45) is -4.77. The Bertz CT molecular complexity index is 2550. The lowest BCUT2D eigenvalue weighted by molar-refractivity contribution is -0.115. The Morgan fingerprint density at radius 2 is 0.678 bits per heavy atom. The summed E-state index contributed by atoms with van der Waals surface area (Å²) in [5.74, 6) is 0. The van der Waals surface area contributed by atoms with Gasteiger partial charge in [0, 0.05) is 25.7 Å². The molecule has 0 saturated carbocycles. The summed E-state index contributed by atoms with van der Waals surface area (Å²) in [7, 11) is -23.1. The van der Waals surface area contributed by atoms with Crippen molar-refractivity contribution in [2.24, 2.45) is 11.1 Å². The lowest BCUT2D eigenvalue weighted by Gasteiger charge is -2.30. The number of phosphoric acid groups is 5. The van der Waals surface area contributed by atoms with E-state index in [2.05, 4.69) is 20.8 Å². The molecule has 45 heteroatoms. The molecule has 0 aliphatic carbocycles. The average Bonchev–Trinajstić information content (AvgIpc) is 1.69. The molecule has 0 aromatic heterocycles. The minimum Gasteiger partial charge on any atom is -0.372 e.